The van der Waals surface area contributed by atoms with E-state index in [1.807, 2.05) is 7.05 Å². The number of ketones is 1. The van der Waals surface area contributed by atoms with Crippen LogP contribution >= 0.6 is 0 Å². The van der Waals surface area contributed by atoms with Crippen LogP contribution in [0.15, 0.2) is 6.20 Å². The van der Waals surface area contributed by atoms with Gasteiger partial charge in [-0.2, -0.15) is 5.10 Å². The number of hydrogen-bond acceptors (Lipinski definition) is 2. The molecule has 0 N–H and O–H groups in total. The van der Waals surface area contributed by atoms with Crippen molar-refractivity contribution in [2.45, 2.75) is 27.2 Å². The second-order valence-corrected chi connectivity index (χ2v) is 3.78. The van der Waals surface area contributed by atoms with Crippen LogP contribution in [0.2, 0.25) is 0 Å². The lowest BCUT2D eigenvalue weighted by Gasteiger charge is -2.06. The monoisotopic (exact) mass is 180 g/mol. The average molecular weight is 180 g/mol. The molecule has 1 rings (SSSR count). The van der Waals surface area contributed by atoms with Gasteiger partial charge in [0.1, 0.15) is 0 Å². The first kappa shape index (κ1) is 9.96. The van der Waals surface area contributed by atoms with Crippen molar-refractivity contribution >= 4 is 5.78 Å². The third-order valence-corrected chi connectivity index (χ3v) is 2.04. The van der Waals surface area contributed by atoms with E-state index in [-0.39, 0.29) is 5.78 Å². The molecule has 0 amide bonds. The van der Waals surface area contributed by atoms with Gasteiger partial charge in [-0.25, -0.2) is 0 Å². The lowest BCUT2D eigenvalue weighted by atomic mass is 10.0. The molecule has 0 spiro atoms. The van der Waals surface area contributed by atoms with Gasteiger partial charge >= 0.3 is 0 Å². The average Bonchev–Trinajstić information content (AvgIpc) is 2.32. The highest BCUT2D eigenvalue weighted by atomic mass is 16.1. The van der Waals surface area contributed by atoms with Gasteiger partial charge in [0.25, 0.3) is 0 Å². The summed E-state index contributed by atoms with van der Waals surface area (Å²) in [7, 11) is 1.88. The van der Waals surface area contributed by atoms with Crippen LogP contribution in [-0.2, 0) is 13.5 Å². The highest BCUT2D eigenvalue weighted by molar-refractivity contribution is 5.94. The van der Waals surface area contributed by atoms with E-state index in [0.29, 0.717) is 5.92 Å². The minimum atomic E-state index is 0.101. The van der Waals surface area contributed by atoms with Crippen LogP contribution in [0, 0.1) is 5.92 Å². The Morgan fingerprint density at radius 2 is 2.23 bits per heavy atom. The van der Waals surface area contributed by atoms with E-state index in [2.05, 4.69) is 18.9 Å². The first-order valence-corrected chi connectivity index (χ1v) is 4.54. The molecule has 0 atom stereocenters. The highest BCUT2D eigenvalue weighted by Gasteiger charge is 2.12. The van der Waals surface area contributed by atoms with E-state index in [0.717, 1.165) is 17.7 Å². The molecule has 0 aliphatic rings. The van der Waals surface area contributed by atoms with Gasteiger partial charge in [-0.05, 0) is 19.3 Å². The van der Waals surface area contributed by atoms with Gasteiger partial charge in [0.05, 0.1) is 11.8 Å². The smallest absolute Gasteiger partial charge is 0.163 e. The fourth-order valence-corrected chi connectivity index (χ4v) is 1.39. The number of nitrogens with zero attached hydrogens (tertiary/aromatic N) is 2. The van der Waals surface area contributed by atoms with Gasteiger partial charge in [-0.1, -0.05) is 13.8 Å². The summed E-state index contributed by atoms with van der Waals surface area (Å²) in [4.78, 5) is 11.2. The summed E-state index contributed by atoms with van der Waals surface area (Å²) < 4.78 is 1.79. The Kier molecular flexibility index (Phi) is 2.86. The van der Waals surface area contributed by atoms with Crippen LogP contribution in [0.4, 0.5) is 0 Å². The molecule has 0 aliphatic carbocycles. The molecule has 0 unspecified atom stereocenters. The molecule has 1 aromatic rings. The zero-order chi connectivity index (χ0) is 10.0. The molecule has 0 fully saturated rings. The Morgan fingerprint density at radius 3 is 2.69 bits per heavy atom. The lowest BCUT2D eigenvalue weighted by Crippen LogP contribution is -2.06. The summed E-state index contributed by atoms with van der Waals surface area (Å²) >= 11 is 0. The predicted molar refractivity (Wildman–Crippen MR) is 51.8 cm³/mol. The molecular formula is C10H16N2O. The van der Waals surface area contributed by atoms with E-state index < -0.39 is 0 Å². The zero-order valence-electron chi connectivity index (χ0n) is 8.66. The van der Waals surface area contributed by atoms with Crippen LogP contribution in [0.5, 0.6) is 0 Å². The molecule has 0 bridgehead atoms. The van der Waals surface area contributed by atoms with Crippen molar-refractivity contribution in [3.63, 3.8) is 0 Å². The third kappa shape index (κ3) is 2.17. The first-order valence-electron chi connectivity index (χ1n) is 4.54. The molecule has 3 heteroatoms. The number of hydrogen-bond donors (Lipinski definition) is 0. The number of carbonyl (C=O) groups is 1. The maximum absolute atomic E-state index is 11.2. The van der Waals surface area contributed by atoms with Gasteiger partial charge in [0.15, 0.2) is 5.78 Å². The number of carbonyl (C=O) groups excluding carboxylic acids is 1. The second kappa shape index (κ2) is 3.73. The normalized spacial score (nSPS) is 10.8. The molecule has 1 heterocycles. The van der Waals surface area contributed by atoms with Crippen molar-refractivity contribution in [2.24, 2.45) is 13.0 Å². The summed E-state index contributed by atoms with van der Waals surface area (Å²) in [5.74, 6) is 0.650. The molecule has 0 saturated heterocycles. The summed E-state index contributed by atoms with van der Waals surface area (Å²) in [5, 5.41) is 4.09. The summed E-state index contributed by atoms with van der Waals surface area (Å²) in [6.45, 7) is 5.86. The maximum Gasteiger partial charge on any atom is 0.163 e. The quantitative estimate of drug-likeness (QED) is 0.665. The van der Waals surface area contributed by atoms with Crippen LogP contribution in [0.25, 0.3) is 0 Å². The van der Waals surface area contributed by atoms with Gasteiger partial charge in [0.2, 0.25) is 0 Å². The summed E-state index contributed by atoms with van der Waals surface area (Å²) in [6.07, 6.45) is 2.56. The second-order valence-electron chi connectivity index (χ2n) is 3.78. The fourth-order valence-electron chi connectivity index (χ4n) is 1.39. The Bertz CT molecular complexity index is 313. The minimum absolute atomic E-state index is 0.101. The van der Waals surface area contributed by atoms with Crippen LogP contribution < -0.4 is 0 Å². The molecule has 0 aliphatic heterocycles. The van der Waals surface area contributed by atoms with E-state index in [9.17, 15) is 4.79 Å². The fraction of sp³-hybridized carbons (Fsp3) is 0.600. The molecule has 3 nitrogen and oxygen atoms in total. The van der Waals surface area contributed by atoms with Crippen molar-refractivity contribution in [3.05, 3.63) is 17.5 Å². The van der Waals surface area contributed by atoms with Gasteiger partial charge in [-0.3, -0.25) is 9.48 Å². The lowest BCUT2D eigenvalue weighted by molar-refractivity contribution is 0.101. The molecule has 0 aromatic carbocycles. The zero-order valence-corrected chi connectivity index (χ0v) is 8.66. The first-order chi connectivity index (χ1) is 6.02. The van der Waals surface area contributed by atoms with Gasteiger partial charge < -0.3 is 0 Å². The standard InChI is InChI=1S/C10H16N2O/c1-7(2)5-10-9(8(3)13)6-11-12(10)4/h6-7H,5H2,1-4H3. The van der Waals surface area contributed by atoms with E-state index in [1.165, 1.54) is 0 Å². The summed E-state index contributed by atoms with van der Waals surface area (Å²) in [5.41, 5.74) is 1.80. The van der Waals surface area contributed by atoms with Crippen molar-refractivity contribution in [1.29, 1.82) is 0 Å². The van der Waals surface area contributed by atoms with Gasteiger partial charge in [0, 0.05) is 12.7 Å². The molecule has 0 radical (unpaired) electrons. The third-order valence-electron chi connectivity index (χ3n) is 2.04. The van der Waals surface area contributed by atoms with Gasteiger partial charge in [-0.15, -0.1) is 0 Å². The predicted octanol–water partition coefficient (Wildman–Crippen LogP) is 1.82. The molecule has 72 valence electrons. The number of rotatable bonds is 3. The van der Waals surface area contributed by atoms with E-state index in [1.54, 1.807) is 17.8 Å². The van der Waals surface area contributed by atoms with Crippen LogP contribution in [0.3, 0.4) is 0 Å². The summed E-state index contributed by atoms with van der Waals surface area (Å²) in [6, 6.07) is 0. The number of aromatic nitrogens is 2. The Labute approximate surface area is 78.8 Å². The topological polar surface area (TPSA) is 34.9 Å². The Balaban J connectivity index is 3.01. The van der Waals surface area contributed by atoms with Crippen molar-refractivity contribution in [1.82, 2.24) is 9.78 Å². The van der Waals surface area contributed by atoms with E-state index in [4.69, 9.17) is 0 Å². The Hall–Kier alpha value is -1.12. The van der Waals surface area contributed by atoms with Crippen molar-refractivity contribution in [2.75, 3.05) is 0 Å². The highest BCUT2D eigenvalue weighted by Crippen LogP contribution is 2.13. The van der Waals surface area contributed by atoms with Crippen molar-refractivity contribution < 1.29 is 4.79 Å². The molecular weight excluding hydrogens is 164 g/mol. The molecule has 1 aromatic heterocycles. The molecule has 0 saturated carbocycles. The largest absolute Gasteiger partial charge is 0.294 e. The van der Waals surface area contributed by atoms with Crippen LogP contribution in [0.1, 0.15) is 36.8 Å². The maximum atomic E-state index is 11.2. The minimum Gasteiger partial charge on any atom is -0.294 e. The molecule has 13 heavy (non-hydrogen) atoms. The SMILES string of the molecule is CC(=O)c1cnn(C)c1CC(C)C. The number of aryl methyl sites for hydroxylation is 1. The van der Waals surface area contributed by atoms with E-state index >= 15 is 0 Å². The number of Topliss-reactive ketones (excluding diaryl/α,β-unsaturated/α-hetero) is 1. The van der Waals surface area contributed by atoms with Crippen LogP contribution in [-0.4, -0.2) is 15.6 Å². The Morgan fingerprint density at radius 1 is 1.62 bits per heavy atom. The van der Waals surface area contributed by atoms with Crippen molar-refractivity contribution in [3.8, 4) is 0 Å².